The van der Waals surface area contributed by atoms with E-state index >= 15 is 0 Å². The third-order valence-electron chi connectivity index (χ3n) is 4.89. The Kier molecular flexibility index (Phi) is 4.00. The summed E-state index contributed by atoms with van der Waals surface area (Å²) >= 11 is 0. The molecule has 3 heteroatoms. The smallest absolute Gasteiger partial charge is 0.226 e. The fraction of sp³-hybridized carbons (Fsp3) is 0.933. The molecule has 1 N–H and O–H groups in total. The van der Waals surface area contributed by atoms with Gasteiger partial charge in [0.2, 0.25) is 5.91 Å². The molecule has 1 heterocycles. The summed E-state index contributed by atoms with van der Waals surface area (Å²) in [6, 6.07) is 0.665. The molecule has 1 aliphatic carbocycles. The van der Waals surface area contributed by atoms with Crippen molar-refractivity contribution in [3.63, 3.8) is 0 Å². The maximum atomic E-state index is 12.9. The Morgan fingerprint density at radius 2 is 1.78 bits per heavy atom. The number of rotatable bonds is 1. The van der Waals surface area contributed by atoms with Gasteiger partial charge >= 0.3 is 0 Å². The molecule has 104 valence electrons. The lowest BCUT2D eigenvalue weighted by atomic mass is 9.68. The molecule has 3 unspecified atom stereocenters. The van der Waals surface area contributed by atoms with E-state index in [-0.39, 0.29) is 11.3 Å². The molecule has 18 heavy (non-hydrogen) atoms. The summed E-state index contributed by atoms with van der Waals surface area (Å²) < 4.78 is 0. The van der Waals surface area contributed by atoms with Crippen molar-refractivity contribution in [1.82, 2.24) is 10.2 Å². The van der Waals surface area contributed by atoms with Crippen LogP contribution >= 0.6 is 0 Å². The molecule has 1 saturated carbocycles. The monoisotopic (exact) mass is 252 g/mol. The molecule has 2 rings (SSSR count). The lowest BCUT2D eigenvalue weighted by Crippen LogP contribution is -2.59. The second-order valence-corrected chi connectivity index (χ2v) is 6.89. The maximum absolute atomic E-state index is 12.9. The number of piperazine rings is 1. The zero-order valence-corrected chi connectivity index (χ0v) is 12.3. The first-order valence-corrected chi connectivity index (χ1v) is 7.46. The van der Waals surface area contributed by atoms with Gasteiger partial charge in [0.1, 0.15) is 0 Å². The quantitative estimate of drug-likeness (QED) is 0.777. The van der Waals surface area contributed by atoms with Crippen molar-refractivity contribution in [1.29, 1.82) is 0 Å². The topological polar surface area (TPSA) is 32.3 Å². The van der Waals surface area contributed by atoms with Crippen LogP contribution in [0.4, 0.5) is 0 Å². The summed E-state index contributed by atoms with van der Waals surface area (Å²) in [6.07, 6.45) is 4.77. The normalized spacial score (nSPS) is 36.4. The van der Waals surface area contributed by atoms with Crippen LogP contribution in [0.15, 0.2) is 0 Å². The second-order valence-electron chi connectivity index (χ2n) is 6.89. The van der Waals surface area contributed by atoms with Gasteiger partial charge in [-0.1, -0.05) is 26.7 Å². The predicted molar refractivity (Wildman–Crippen MR) is 74.4 cm³/mol. The fourth-order valence-corrected chi connectivity index (χ4v) is 3.70. The Hall–Kier alpha value is -0.570. The van der Waals surface area contributed by atoms with Crippen LogP contribution in [-0.4, -0.2) is 36.0 Å². The number of amides is 1. The van der Waals surface area contributed by atoms with Gasteiger partial charge in [-0.3, -0.25) is 4.79 Å². The van der Waals surface area contributed by atoms with E-state index < -0.39 is 0 Å². The zero-order chi connectivity index (χ0) is 13.3. The average molecular weight is 252 g/mol. The second kappa shape index (κ2) is 5.20. The van der Waals surface area contributed by atoms with Gasteiger partial charge in [0.25, 0.3) is 0 Å². The van der Waals surface area contributed by atoms with Crippen LogP contribution in [-0.2, 0) is 4.79 Å². The van der Waals surface area contributed by atoms with Crippen LogP contribution in [0.2, 0.25) is 0 Å². The number of nitrogens with one attached hydrogen (secondary N) is 1. The Balaban J connectivity index is 2.13. The minimum Gasteiger partial charge on any atom is -0.334 e. The van der Waals surface area contributed by atoms with Gasteiger partial charge in [0.05, 0.1) is 0 Å². The van der Waals surface area contributed by atoms with Crippen LogP contribution in [0.1, 0.15) is 53.4 Å². The van der Waals surface area contributed by atoms with Crippen LogP contribution < -0.4 is 5.32 Å². The molecule has 0 aromatic rings. The Labute approximate surface area is 111 Å². The molecular weight excluding hydrogens is 224 g/mol. The molecule has 0 aromatic carbocycles. The van der Waals surface area contributed by atoms with Gasteiger partial charge in [-0.15, -0.1) is 0 Å². The summed E-state index contributed by atoms with van der Waals surface area (Å²) in [6.45, 7) is 10.7. The number of nitrogens with zero attached hydrogens (tertiary/aromatic N) is 1. The highest BCUT2D eigenvalue weighted by atomic mass is 16.2. The first kappa shape index (κ1) is 13.9. The van der Waals surface area contributed by atoms with Gasteiger partial charge in [0.15, 0.2) is 0 Å². The number of hydrogen-bond acceptors (Lipinski definition) is 2. The van der Waals surface area contributed by atoms with Crippen molar-refractivity contribution in [3.8, 4) is 0 Å². The van der Waals surface area contributed by atoms with Crippen molar-refractivity contribution < 1.29 is 4.79 Å². The van der Waals surface area contributed by atoms with E-state index in [1.807, 2.05) is 0 Å². The third-order valence-corrected chi connectivity index (χ3v) is 4.89. The highest BCUT2D eigenvalue weighted by molar-refractivity contribution is 5.80. The maximum Gasteiger partial charge on any atom is 0.226 e. The summed E-state index contributed by atoms with van der Waals surface area (Å²) in [4.78, 5) is 15.0. The van der Waals surface area contributed by atoms with E-state index in [0.29, 0.717) is 18.0 Å². The standard InChI is InChI=1S/C15H28N2O/c1-11-9-16-10-12(2)17(11)14(18)13-7-5-6-8-15(13,3)4/h11-13,16H,5-10H2,1-4H3. The van der Waals surface area contributed by atoms with E-state index in [0.717, 1.165) is 19.5 Å². The summed E-state index contributed by atoms with van der Waals surface area (Å²) in [5, 5.41) is 3.40. The predicted octanol–water partition coefficient (Wildman–Crippen LogP) is 2.41. The molecule has 1 amide bonds. The fourth-order valence-electron chi connectivity index (χ4n) is 3.70. The summed E-state index contributed by atoms with van der Waals surface area (Å²) in [5.41, 5.74) is 0.180. The minimum absolute atomic E-state index is 0.180. The van der Waals surface area contributed by atoms with Crippen LogP contribution in [0, 0.1) is 11.3 Å². The highest BCUT2D eigenvalue weighted by Crippen LogP contribution is 2.42. The first-order valence-electron chi connectivity index (χ1n) is 7.46. The average Bonchev–Trinajstić information content (AvgIpc) is 2.27. The van der Waals surface area contributed by atoms with Crippen molar-refractivity contribution in [2.24, 2.45) is 11.3 Å². The molecule has 2 fully saturated rings. The largest absolute Gasteiger partial charge is 0.334 e. The highest BCUT2D eigenvalue weighted by Gasteiger charge is 2.41. The van der Waals surface area contributed by atoms with Gasteiger partial charge in [-0.2, -0.15) is 0 Å². The molecule has 3 atom stereocenters. The van der Waals surface area contributed by atoms with Crippen molar-refractivity contribution >= 4 is 5.91 Å². The van der Waals surface area contributed by atoms with E-state index in [1.54, 1.807) is 0 Å². The lowest BCUT2D eigenvalue weighted by molar-refractivity contribution is -0.146. The van der Waals surface area contributed by atoms with Crippen LogP contribution in [0.25, 0.3) is 0 Å². The van der Waals surface area contributed by atoms with Crippen molar-refractivity contribution in [2.45, 2.75) is 65.5 Å². The number of carbonyl (C=O) groups excluding carboxylic acids is 1. The number of hydrogen-bond donors (Lipinski definition) is 1. The molecule has 1 saturated heterocycles. The third kappa shape index (κ3) is 2.56. The van der Waals surface area contributed by atoms with Gasteiger partial charge in [0, 0.05) is 31.1 Å². The molecule has 0 radical (unpaired) electrons. The van der Waals surface area contributed by atoms with E-state index in [4.69, 9.17) is 0 Å². The Morgan fingerprint density at radius 1 is 1.17 bits per heavy atom. The van der Waals surface area contributed by atoms with E-state index in [1.165, 1.54) is 19.3 Å². The molecule has 0 spiro atoms. The summed E-state index contributed by atoms with van der Waals surface area (Å²) in [7, 11) is 0. The van der Waals surface area contributed by atoms with Crippen LogP contribution in [0.5, 0.6) is 0 Å². The van der Waals surface area contributed by atoms with Crippen LogP contribution in [0.3, 0.4) is 0 Å². The van der Waals surface area contributed by atoms with Gasteiger partial charge in [-0.25, -0.2) is 0 Å². The number of carbonyl (C=O) groups is 1. The minimum atomic E-state index is 0.180. The van der Waals surface area contributed by atoms with Gasteiger partial charge in [-0.05, 0) is 32.1 Å². The first-order chi connectivity index (χ1) is 8.43. The molecule has 1 aliphatic heterocycles. The van der Waals surface area contributed by atoms with Crippen molar-refractivity contribution in [3.05, 3.63) is 0 Å². The van der Waals surface area contributed by atoms with E-state index in [2.05, 4.69) is 37.9 Å². The van der Waals surface area contributed by atoms with Gasteiger partial charge < -0.3 is 10.2 Å². The lowest BCUT2D eigenvalue weighted by Gasteiger charge is -2.46. The molecular formula is C15H28N2O. The summed E-state index contributed by atoms with van der Waals surface area (Å²) in [5.74, 6) is 0.635. The zero-order valence-electron chi connectivity index (χ0n) is 12.3. The van der Waals surface area contributed by atoms with Crippen molar-refractivity contribution in [2.75, 3.05) is 13.1 Å². The molecule has 0 aromatic heterocycles. The SMILES string of the molecule is CC1CNCC(C)N1C(=O)C1CCCCC1(C)C. The molecule has 3 nitrogen and oxygen atoms in total. The molecule has 2 aliphatic rings. The Morgan fingerprint density at radius 3 is 2.33 bits per heavy atom. The molecule has 0 bridgehead atoms. The Bertz CT molecular complexity index is 300. The van der Waals surface area contributed by atoms with E-state index in [9.17, 15) is 4.79 Å².